The van der Waals surface area contributed by atoms with Crippen molar-refractivity contribution in [2.45, 2.75) is 6.42 Å². The molecular formula is C10H8BrNO. The fourth-order valence-electron chi connectivity index (χ4n) is 0.850. The summed E-state index contributed by atoms with van der Waals surface area (Å²) in [7, 11) is 0. The minimum absolute atomic E-state index is 0.0985. The number of hydrogen-bond acceptors (Lipinski definition) is 1. The van der Waals surface area contributed by atoms with Gasteiger partial charge in [-0.25, -0.2) is 0 Å². The summed E-state index contributed by atoms with van der Waals surface area (Å²) in [6.07, 6.45) is 5.10. The van der Waals surface area contributed by atoms with Gasteiger partial charge in [-0.05, 0) is 28.1 Å². The van der Waals surface area contributed by atoms with E-state index in [0.717, 1.165) is 10.2 Å². The van der Waals surface area contributed by atoms with Crippen LogP contribution in [0.5, 0.6) is 0 Å². The van der Waals surface area contributed by atoms with E-state index in [1.807, 2.05) is 18.2 Å². The number of rotatable bonds is 2. The first-order chi connectivity index (χ1) is 6.24. The molecule has 0 unspecified atom stereocenters. The number of benzene rings is 1. The van der Waals surface area contributed by atoms with E-state index in [0.29, 0.717) is 0 Å². The van der Waals surface area contributed by atoms with Gasteiger partial charge < -0.3 is 5.32 Å². The first-order valence-corrected chi connectivity index (χ1v) is 4.51. The van der Waals surface area contributed by atoms with Gasteiger partial charge in [-0.3, -0.25) is 4.79 Å². The molecule has 0 aliphatic heterocycles. The molecule has 66 valence electrons. The van der Waals surface area contributed by atoms with Crippen molar-refractivity contribution in [3.63, 3.8) is 0 Å². The third kappa shape index (κ3) is 2.92. The zero-order chi connectivity index (χ0) is 9.68. The predicted molar refractivity (Wildman–Crippen MR) is 56.2 cm³/mol. The van der Waals surface area contributed by atoms with Crippen LogP contribution in [-0.4, -0.2) is 5.91 Å². The highest BCUT2D eigenvalue weighted by molar-refractivity contribution is 9.10. The molecule has 1 aromatic rings. The van der Waals surface area contributed by atoms with Crippen LogP contribution in [-0.2, 0) is 4.79 Å². The Morgan fingerprint density at radius 3 is 2.85 bits per heavy atom. The maximum absolute atomic E-state index is 11.1. The van der Waals surface area contributed by atoms with Gasteiger partial charge in [0.1, 0.15) is 0 Å². The first-order valence-electron chi connectivity index (χ1n) is 3.72. The Morgan fingerprint density at radius 1 is 1.54 bits per heavy atom. The molecule has 0 fully saturated rings. The molecule has 3 heteroatoms. The second-order valence-electron chi connectivity index (χ2n) is 2.41. The van der Waals surface area contributed by atoms with Crippen LogP contribution in [0.2, 0.25) is 0 Å². The van der Waals surface area contributed by atoms with Gasteiger partial charge in [-0.2, -0.15) is 0 Å². The van der Waals surface area contributed by atoms with Gasteiger partial charge in [0, 0.05) is 4.47 Å². The largest absolute Gasteiger partial charge is 0.324 e. The van der Waals surface area contributed by atoms with Crippen LogP contribution in [0.3, 0.4) is 0 Å². The van der Waals surface area contributed by atoms with Gasteiger partial charge in [0.25, 0.3) is 0 Å². The summed E-state index contributed by atoms with van der Waals surface area (Å²) < 4.78 is 0.848. The second kappa shape index (κ2) is 4.68. The predicted octanol–water partition coefficient (Wildman–Crippen LogP) is 2.41. The average molecular weight is 238 g/mol. The molecule has 0 atom stereocenters. The van der Waals surface area contributed by atoms with Crippen LogP contribution >= 0.6 is 15.9 Å². The quantitative estimate of drug-likeness (QED) is 0.787. The number of halogens is 1. The standard InChI is InChI=1S/C10H8BrNO/c1-2-5-10(13)12-9-7-4-3-6-8(9)11/h1,3-4,6-7H,5H2,(H,12,13). The molecule has 0 heterocycles. The molecule has 0 spiro atoms. The molecule has 0 aliphatic carbocycles. The van der Waals surface area contributed by atoms with Gasteiger partial charge in [0.05, 0.1) is 12.1 Å². The van der Waals surface area contributed by atoms with Gasteiger partial charge in [-0.15, -0.1) is 6.42 Å². The first kappa shape index (κ1) is 9.82. The maximum Gasteiger partial charge on any atom is 0.236 e. The molecule has 0 aliphatic rings. The molecule has 1 amide bonds. The average Bonchev–Trinajstić information content (AvgIpc) is 2.09. The number of terminal acetylenes is 1. The molecule has 1 aromatic carbocycles. The highest BCUT2D eigenvalue weighted by Crippen LogP contribution is 2.20. The van der Waals surface area contributed by atoms with Crippen molar-refractivity contribution in [1.82, 2.24) is 0 Å². The van der Waals surface area contributed by atoms with E-state index >= 15 is 0 Å². The topological polar surface area (TPSA) is 29.1 Å². The molecule has 0 saturated carbocycles. The van der Waals surface area contributed by atoms with E-state index in [1.54, 1.807) is 6.07 Å². The lowest BCUT2D eigenvalue weighted by molar-refractivity contribution is -0.115. The van der Waals surface area contributed by atoms with Gasteiger partial charge in [0.2, 0.25) is 5.91 Å². The van der Waals surface area contributed by atoms with Crippen LogP contribution in [0.15, 0.2) is 28.7 Å². The SMILES string of the molecule is C#CCC(=O)Nc1ccccc1Br. The smallest absolute Gasteiger partial charge is 0.236 e. The highest BCUT2D eigenvalue weighted by Gasteiger charge is 2.01. The minimum Gasteiger partial charge on any atom is -0.324 e. The Hall–Kier alpha value is -1.27. The number of carbonyl (C=O) groups excluding carboxylic acids is 1. The van der Waals surface area contributed by atoms with E-state index < -0.39 is 0 Å². The Bertz CT molecular complexity index is 354. The monoisotopic (exact) mass is 237 g/mol. The van der Waals surface area contributed by atoms with Crippen molar-refractivity contribution in [1.29, 1.82) is 0 Å². The number of nitrogens with one attached hydrogen (secondary N) is 1. The van der Waals surface area contributed by atoms with E-state index in [4.69, 9.17) is 6.42 Å². The third-order valence-electron chi connectivity index (χ3n) is 1.41. The molecule has 0 saturated heterocycles. The van der Waals surface area contributed by atoms with Crippen molar-refractivity contribution in [3.8, 4) is 12.3 Å². The van der Waals surface area contributed by atoms with Crippen LogP contribution in [0.25, 0.3) is 0 Å². The second-order valence-corrected chi connectivity index (χ2v) is 3.26. The lowest BCUT2D eigenvalue weighted by Gasteiger charge is -2.04. The van der Waals surface area contributed by atoms with Crippen molar-refractivity contribution in [2.75, 3.05) is 5.32 Å². The summed E-state index contributed by atoms with van der Waals surface area (Å²) in [5.41, 5.74) is 0.739. The van der Waals surface area contributed by atoms with Crippen LogP contribution in [0, 0.1) is 12.3 Å². The summed E-state index contributed by atoms with van der Waals surface area (Å²) in [6, 6.07) is 7.38. The molecule has 0 aromatic heterocycles. The normalized spacial score (nSPS) is 8.92. The summed E-state index contributed by atoms with van der Waals surface area (Å²) in [6.45, 7) is 0. The number of anilines is 1. The summed E-state index contributed by atoms with van der Waals surface area (Å²) in [4.78, 5) is 11.1. The van der Waals surface area contributed by atoms with Crippen molar-refractivity contribution in [2.24, 2.45) is 0 Å². The summed E-state index contributed by atoms with van der Waals surface area (Å²) in [5, 5.41) is 2.68. The third-order valence-corrected chi connectivity index (χ3v) is 2.10. The minimum atomic E-state index is -0.172. The number of amides is 1. The lowest BCUT2D eigenvalue weighted by atomic mass is 10.3. The molecule has 13 heavy (non-hydrogen) atoms. The van der Waals surface area contributed by atoms with E-state index in [-0.39, 0.29) is 12.3 Å². The van der Waals surface area contributed by atoms with Crippen molar-refractivity contribution >= 4 is 27.5 Å². The number of carbonyl (C=O) groups is 1. The Kier molecular flexibility index (Phi) is 3.53. The Balaban J connectivity index is 2.70. The molecule has 1 N–H and O–H groups in total. The number of hydrogen-bond donors (Lipinski definition) is 1. The Morgan fingerprint density at radius 2 is 2.23 bits per heavy atom. The van der Waals surface area contributed by atoms with Crippen molar-refractivity contribution in [3.05, 3.63) is 28.7 Å². The van der Waals surface area contributed by atoms with Crippen molar-refractivity contribution < 1.29 is 4.79 Å². The molecule has 0 radical (unpaired) electrons. The fraction of sp³-hybridized carbons (Fsp3) is 0.100. The fourth-order valence-corrected chi connectivity index (χ4v) is 1.23. The van der Waals surface area contributed by atoms with E-state index in [2.05, 4.69) is 27.2 Å². The summed E-state index contributed by atoms with van der Waals surface area (Å²) >= 11 is 3.31. The molecule has 1 rings (SSSR count). The lowest BCUT2D eigenvalue weighted by Crippen LogP contribution is -2.10. The maximum atomic E-state index is 11.1. The van der Waals surface area contributed by atoms with Gasteiger partial charge in [-0.1, -0.05) is 18.1 Å². The van der Waals surface area contributed by atoms with Crippen LogP contribution < -0.4 is 5.32 Å². The number of para-hydroxylation sites is 1. The van der Waals surface area contributed by atoms with Crippen LogP contribution in [0.4, 0.5) is 5.69 Å². The molecule has 2 nitrogen and oxygen atoms in total. The van der Waals surface area contributed by atoms with Gasteiger partial charge in [0.15, 0.2) is 0 Å². The van der Waals surface area contributed by atoms with Crippen LogP contribution in [0.1, 0.15) is 6.42 Å². The Labute approximate surface area is 85.5 Å². The van der Waals surface area contributed by atoms with E-state index in [1.165, 1.54) is 0 Å². The zero-order valence-corrected chi connectivity index (χ0v) is 8.47. The summed E-state index contributed by atoms with van der Waals surface area (Å²) in [5.74, 6) is 2.11. The van der Waals surface area contributed by atoms with E-state index in [9.17, 15) is 4.79 Å². The zero-order valence-electron chi connectivity index (χ0n) is 6.88. The highest BCUT2D eigenvalue weighted by atomic mass is 79.9. The van der Waals surface area contributed by atoms with Gasteiger partial charge >= 0.3 is 0 Å². The molecule has 0 bridgehead atoms. The molecular weight excluding hydrogens is 230 g/mol.